The first-order chi connectivity index (χ1) is 35.2. The third kappa shape index (κ3) is 7.44. The number of allylic oxidation sites excluding steroid dienone is 5. The lowest BCUT2D eigenvalue weighted by molar-refractivity contribution is 0.377. The second-order valence-corrected chi connectivity index (χ2v) is 17.5. The van der Waals surface area contributed by atoms with E-state index in [2.05, 4.69) is 48.5 Å². The molecule has 1 aliphatic rings. The summed E-state index contributed by atoms with van der Waals surface area (Å²) < 4.78 is 0. The first-order valence-corrected chi connectivity index (χ1v) is 24.2. The molecule has 0 saturated carbocycles. The monoisotopic (exact) mass is 939 g/mol. The molecular formula is C66H53NO5. The Morgan fingerprint density at radius 1 is 0.431 bits per heavy atom. The lowest BCUT2D eigenvalue weighted by atomic mass is 9.67. The fourth-order valence-electron chi connectivity index (χ4n) is 10.7. The normalized spacial score (nSPS) is 13.8. The van der Waals surface area contributed by atoms with Crippen molar-refractivity contribution in [1.29, 1.82) is 0 Å². The Balaban J connectivity index is 0.00000295. The minimum absolute atomic E-state index is 0.0573. The van der Waals surface area contributed by atoms with Crippen LogP contribution in [0.1, 0.15) is 37.5 Å². The molecule has 1 aliphatic carbocycles. The number of anilines is 3. The van der Waals surface area contributed by atoms with Crippen LogP contribution in [0.25, 0.3) is 66.1 Å². The molecule has 72 heavy (non-hydrogen) atoms. The Labute approximate surface area is 420 Å². The smallest absolute Gasteiger partial charge is 0.186 e. The van der Waals surface area contributed by atoms with Gasteiger partial charge in [-0.1, -0.05) is 221 Å². The summed E-state index contributed by atoms with van der Waals surface area (Å²) in [5, 5.41) is 64.3. The number of rotatable bonds is 10. The van der Waals surface area contributed by atoms with Gasteiger partial charge < -0.3 is 30.4 Å². The highest BCUT2D eigenvalue weighted by molar-refractivity contribution is 6.19. The Bertz CT molecular complexity index is 3720. The topological polar surface area (TPSA) is 104 Å². The van der Waals surface area contributed by atoms with Gasteiger partial charge in [-0.25, -0.2) is 0 Å². The van der Waals surface area contributed by atoms with Gasteiger partial charge in [-0.3, -0.25) is 0 Å². The standard InChI is InChI=1S/C64H47NO5.C2H6/c1-3-4-7-20-40(2)64(43-23-10-6-11-24-43)54-32-19-18-29-50(54)51-38-37-45(39-55(51)64)65(44-35-33-42(34-36-44)47-26-13-12-25-46(47)41-21-8-5-9-22-41)58-62(69)60(67)57(61(68)63(58)70)56-52-30-16-14-27-48(52)49-28-15-17-31-53(49)59(56)66;1-2/h3-39,66-70H,2H2,1H3;1-2H3/b4-3-,20-7-;. The number of benzene rings is 10. The zero-order chi connectivity index (χ0) is 50.1. The SMILES string of the molecule is C=C(/C=C\C=C/C)C1(c2ccccc2)c2ccccc2-c2ccc(N(c3ccc(-c4ccccc4-c4ccccc4)cc3)c3c(O)c(O)c(-c4c(O)c5ccccc5c5ccccc45)c(O)c3O)cc21.CC. The van der Waals surface area contributed by atoms with Crippen LogP contribution in [-0.2, 0) is 5.41 Å². The Hall–Kier alpha value is -9.26. The molecule has 0 spiro atoms. The molecule has 10 aromatic rings. The van der Waals surface area contributed by atoms with E-state index in [0.29, 0.717) is 22.1 Å². The zero-order valence-electron chi connectivity index (χ0n) is 40.3. The van der Waals surface area contributed by atoms with Crippen LogP contribution in [0.2, 0.25) is 0 Å². The summed E-state index contributed by atoms with van der Waals surface area (Å²) >= 11 is 0. The van der Waals surface area contributed by atoms with Crippen molar-refractivity contribution in [3.8, 4) is 73.3 Å². The van der Waals surface area contributed by atoms with Crippen LogP contribution < -0.4 is 4.90 Å². The summed E-state index contributed by atoms with van der Waals surface area (Å²) in [5.74, 6) is -3.11. The van der Waals surface area contributed by atoms with Crippen molar-refractivity contribution in [1.82, 2.24) is 0 Å². The van der Waals surface area contributed by atoms with Crippen molar-refractivity contribution in [3.05, 3.63) is 253 Å². The fraction of sp³-hybridized carbons (Fsp3) is 0.0606. The summed E-state index contributed by atoms with van der Waals surface area (Å²) in [6.45, 7) is 10.7. The molecule has 10 aromatic carbocycles. The summed E-state index contributed by atoms with van der Waals surface area (Å²) in [6.07, 6.45) is 7.96. The van der Waals surface area contributed by atoms with E-state index in [9.17, 15) is 25.5 Å². The van der Waals surface area contributed by atoms with E-state index in [4.69, 9.17) is 6.58 Å². The first kappa shape index (κ1) is 46.5. The molecule has 0 bridgehead atoms. The molecule has 5 N–H and O–H groups in total. The highest BCUT2D eigenvalue weighted by atomic mass is 16.3. The predicted molar refractivity (Wildman–Crippen MR) is 297 cm³/mol. The Morgan fingerprint density at radius 2 is 0.917 bits per heavy atom. The van der Waals surface area contributed by atoms with Crippen LogP contribution in [0.15, 0.2) is 237 Å². The second-order valence-electron chi connectivity index (χ2n) is 17.5. The molecule has 0 amide bonds. The van der Waals surface area contributed by atoms with Crippen LogP contribution in [0.5, 0.6) is 28.7 Å². The largest absolute Gasteiger partial charge is 0.507 e. The molecule has 0 heterocycles. The van der Waals surface area contributed by atoms with Gasteiger partial charge in [0.25, 0.3) is 0 Å². The van der Waals surface area contributed by atoms with Crippen LogP contribution in [-0.4, -0.2) is 25.5 Å². The van der Waals surface area contributed by atoms with Gasteiger partial charge in [0.05, 0.1) is 11.0 Å². The van der Waals surface area contributed by atoms with Crippen LogP contribution in [0.4, 0.5) is 17.1 Å². The summed E-state index contributed by atoms with van der Waals surface area (Å²) in [7, 11) is 0. The van der Waals surface area contributed by atoms with Gasteiger partial charge in [0.2, 0.25) is 0 Å². The molecule has 352 valence electrons. The Kier molecular flexibility index (Phi) is 12.4. The number of nitrogens with zero attached hydrogens (tertiary/aromatic N) is 1. The van der Waals surface area contributed by atoms with Crippen molar-refractivity contribution in [3.63, 3.8) is 0 Å². The third-order valence-electron chi connectivity index (χ3n) is 13.8. The lowest BCUT2D eigenvalue weighted by Gasteiger charge is -2.35. The van der Waals surface area contributed by atoms with E-state index < -0.39 is 28.4 Å². The van der Waals surface area contributed by atoms with E-state index in [1.54, 1.807) is 29.2 Å². The quantitative estimate of drug-likeness (QED) is 0.0405. The highest BCUT2D eigenvalue weighted by Gasteiger charge is 2.46. The minimum atomic E-state index is -0.884. The average Bonchev–Trinajstić information content (AvgIpc) is 3.74. The molecule has 6 nitrogen and oxygen atoms in total. The molecule has 1 atom stereocenters. The second kappa shape index (κ2) is 19.3. The van der Waals surface area contributed by atoms with Crippen LogP contribution in [0, 0.1) is 0 Å². The van der Waals surface area contributed by atoms with E-state index in [1.165, 1.54) is 0 Å². The van der Waals surface area contributed by atoms with Gasteiger partial charge in [0.15, 0.2) is 23.0 Å². The molecule has 0 saturated heterocycles. The maximum absolute atomic E-state index is 12.6. The Morgan fingerprint density at radius 3 is 1.54 bits per heavy atom. The summed E-state index contributed by atoms with van der Waals surface area (Å²) in [6, 6.07) is 65.3. The number of hydrogen-bond acceptors (Lipinski definition) is 6. The molecular weight excluding hydrogens is 887 g/mol. The van der Waals surface area contributed by atoms with E-state index in [1.807, 2.05) is 172 Å². The number of phenols is 5. The molecule has 0 aliphatic heterocycles. The van der Waals surface area contributed by atoms with Gasteiger partial charge in [0, 0.05) is 22.3 Å². The maximum Gasteiger partial charge on any atom is 0.186 e. The third-order valence-corrected chi connectivity index (χ3v) is 13.8. The molecule has 0 fully saturated rings. The highest BCUT2D eigenvalue weighted by Crippen LogP contribution is 2.62. The van der Waals surface area contributed by atoms with Crippen LogP contribution >= 0.6 is 0 Å². The molecule has 11 rings (SSSR count). The lowest BCUT2D eigenvalue weighted by Crippen LogP contribution is -2.28. The van der Waals surface area contributed by atoms with E-state index >= 15 is 0 Å². The number of fused-ring (bicyclic) bond motifs is 6. The maximum atomic E-state index is 12.6. The van der Waals surface area contributed by atoms with Gasteiger partial charge in [0.1, 0.15) is 11.4 Å². The van der Waals surface area contributed by atoms with Crippen molar-refractivity contribution in [2.24, 2.45) is 0 Å². The van der Waals surface area contributed by atoms with E-state index in [0.717, 1.165) is 66.4 Å². The molecule has 6 heteroatoms. The number of aromatic hydroxyl groups is 5. The van der Waals surface area contributed by atoms with Crippen molar-refractivity contribution in [2.45, 2.75) is 26.2 Å². The summed E-state index contributed by atoms with van der Waals surface area (Å²) in [5.41, 5.74) is 9.43. The number of hydrogen-bond donors (Lipinski definition) is 5. The van der Waals surface area contributed by atoms with Crippen LogP contribution in [0.3, 0.4) is 0 Å². The van der Waals surface area contributed by atoms with Crippen molar-refractivity contribution < 1.29 is 25.5 Å². The fourth-order valence-corrected chi connectivity index (χ4v) is 10.7. The molecule has 1 unspecified atom stereocenters. The van der Waals surface area contributed by atoms with E-state index in [-0.39, 0.29) is 22.6 Å². The minimum Gasteiger partial charge on any atom is -0.507 e. The molecule has 0 radical (unpaired) electrons. The zero-order valence-corrected chi connectivity index (χ0v) is 40.3. The van der Waals surface area contributed by atoms with Crippen molar-refractivity contribution in [2.75, 3.05) is 4.90 Å². The van der Waals surface area contributed by atoms with Gasteiger partial charge in [-0.15, -0.1) is 0 Å². The van der Waals surface area contributed by atoms with Gasteiger partial charge in [-0.2, -0.15) is 0 Å². The first-order valence-electron chi connectivity index (χ1n) is 24.2. The molecule has 0 aromatic heterocycles. The van der Waals surface area contributed by atoms with Gasteiger partial charge in [-0.05, 0) is 103 Å². The number of phenolic OH excluding ortho intramolecular Hbond substituents is 5. The average molecular weight is 940 g/mol. The predicted octanol–water partition coefficient (Wildman–Crippen LogP) is 17.0. The van der Waals surface area contributed by atoms with Crippen molar-refractivity contribution >= 4 is 38.6 Å². The van der Waals surface area contributed by atoms with Gasteiger partial charge >= 0.3 is 0 Å². The summed E-state index contributed by atoms with van der Waals surface area (Å²) in [4.78, 5) is 1.65.